The average molecular weight is 293 g/mol. The maximum absolute atomic E-state index is 5.97. The van der Waals surface area contributed by atoms with E-state index in [0.29, 0.717) is 0 Å². The van der Waals surface area contributed by atoms with Crippen LogP contribution in [0.15, 0.2) is 60.7 Å². The van der Waals surface area contributed by atoms with Gasteiger partial charge in [-0.15, -0.1) is 0 Å². The first-order valence-electron chi connectivity index (χ1n) is 6.87. The van der Waals surface area contributed by atoms with Gasteiger partial charge in [0.05, 0.1) is 16.9 Å². The number of hydrogen-bond donors (Lipinski definition) is 0. The number of benzene rings is 1. The van der Waals surface area contributed by atoms with Crippen LogP contribution in [0.5, 0.6) is 0 Å². The van der Waals surface area contributed by atoms with Gasteiger partial charge < -0.3 is 0 Å². The molecular weight excluding hydrogens is 280 g/mol. The van der Waals surface area contributed by atoms with Crippen LogP contribution in [0, 0.1) is 6.92 Å². The van der Waals surface area contributed by atoms with Crippen LogP contribution in [-0.4, -0.2) is 9.78 Å². The van der Waals surface area contributed by atoms with Crippen LogP contribution < -0.4 is 0 Å². The van der Waals surface area contributed by atoms with Crippen molar-refractivity contribution in [1.82, 2.24) is 9.78 Å². The van der Waals surface area contributed by atoms with E-state index in [1.54, 1.807) is 0 Å². The fourth-order valence-corrected chi connectivity index (χ4v) is 2.98. The molecule has 2 aliphatic carbocycles. The number of halogens is 1. The molecule has 0 spiro atoms. The normalized spacial score (nSPS) is 11.3. The molecule has 0 unspecified atom stereocenters. The SMILES string of the molecule is Cc1nn(-c2ccc(Cl)cc2)c2cc3cccccc-3c12. The van der Waals surface area contributed by atoms with Crippen molar-refractivity contribution in [3.8, 4) is 16.8 Å². The number of hydrogen-bond acceptors (Lipinski definition) is 1. The van der Waals surface area contributed by atoms with Crippen LogP contribution >= 0.6 is 11.6 Å². The summed E-state index contributed by atoms with van der Waals surface area (Å²) in [7, 11) is 0. The van der Waals surface area contributed by atoms with Crippen molar-refractivity contribution in [1.29, 1.82) is 0 Å². The van der Waals surface area contributed by atoms with Gasteiger partial charge in [0, 0.05) is 10.4 Å². The number of aromatic nitrogens is 2. The zero-order valence-corrected chi connectivity index (χ0v) is 12.3. The van der Waals surface area contributed by atoms with Gasteiger partial charge in [0.2, 0.25) is 0 Å². The quantitative estimate of drug-likeness (QED) is 0.478. The molecule has 0 fully saturated rings. The topological polar surface area (TPSA) is 17.8 Å². The summed E-state index contributed by atoms with van der Waals surface area (Å²) in [6.07, 6.45) is 0. The van der Waals surface area contributed by atoms with E-state index in [9.17, 15) is 0 Å². The van der Waals surface area contributed by atoms with Crippen LogP contribution in [0.4, 0.5) is 0 Å². The molecule has 102 valence electrons. The Kier molecular flexibility index (Phi) is 2.72. The number of nitrogens with zero attached hydrogens (tertiary/aromatic N) is 2. The second kappa shape index (κ2) is 4.61. The molecule has 0 radical (unpaired) electrons. The fraction of sp³-hybridized carbons (Fsp3) is 0.0556. The molecule has 0 N–H and O–H groups in total. The van der Waals surface area contributed by atoms with Crippen molar-refractivity contribution in [2.75, 3.05) is 0 Å². The molecule has 0 atom stereocenters. The maximum Gasteiger partial charge on any atom is 0.0756 e. The summed E-state index contributed by atoms with van der Waals surface area (Å²) in [6.45, 7) is 2.06. The third-order valence-electron chi connectivity index (χ3n) is 3.80. The van der Waals surface area contributed by atoms with Gasteiger partial charge in [0.1, 0.15) is 0 Å². The highest BCUT2D eigenvalue weighted by molar-refractivity contribution is 6.30. The molecular formula is C18H13ClN2. The largest absolute Gasteiger partial charge is 0.233 e. The van der Waals surface area contributed by atoms with E-state index in [4.69, 9.17) is 16.7 Å². The highest BCUT2D eigenvalue weighted by Gasteiger charge is 2.17. The lowest BCUT2D eigenvalue weighted by Gasteiger charge is -2.02. The highest BCUT2D eigenvalue weighted by Crippen LogP contribution is 2.36. The number of rotatable bonds is 1. The molecule has 2 aliphatic rings. The standard InChI is InChI=1S/C18H13ClN2/c1-12-18-16-6-4-2-3-5-13(16)11-17(18)21(20-12)15-9-7-14(19)8-10-15/h2-11H,1H3. The van der Waals surface area contributed by atoms with E-state index >= 15 is 0 Å². The van der Waals surface area contributed by atoms with Crippen molar-refractivity contribution in [3.05, 3.63) is 71.4 Å². The summed E-state index contributed by atoms with van der Waals surface area (Å²) < 4.78 is 1.99. The Morgan fingerprint density at radius 1 is 0.952 bits per heavy atom. The lowest BCUT2D eigenvalue weighted by molar-refractivity contribution is 0.889. The molecule has 0 amide bonds. The van der Waals surface area contributed by atoms with Crippen molar-refractivity contribution in [2.24, 2.45) is 0 Å². The zero-order valence-electron chi connectivity index (χ0n) is 11.5. The minimum atomic E-state index is 0.735. The molecule has 0 aliphatic heterocycles. The van der Waals surface area contributed by atoms with Crippen LogP contribution in [-0.2, 0) is 0 Å². The summed E-state index contributed by atoms with van der Waals surface area (Å²) in [5, 5.41) is 6.65. The summed E-state index contributed by atoms with van der Waals surface area (Å²) in [5.74, 6) is 0. The third-order valence-corrected chi connectivity index (χ3v) is 4.05. The minimum absolute atomic E-state index is 0.735. The lowest BCUT2D eigenvalue weighted by atomic mass is 10.1. The number of fused-ring (bicyclic) bond motifs is 3. The van der Waals surface area contributed by atoms with Gasteiger partial charge in [-0.05, 0) is 48.4 Å². The molecule has 0 saturated heterocycles. The van der Waals surface area contributed by atoms with Crippen molar-refractivity contribution in [2.45, 2.75) is 6.92 Å². The molecule has 21 heavy (non-hydrogen) atoms. The van der Waals surface area contributed by atoms with Crippen molar-refractivity contribution < 1.29 is 0 Å². The molecule has 0 saturated carbocycles. The molecule has 4 rings (SSSR count). The predicted octanol–water partition coefficient (Wildman–Crippen LogP) is 5.09. The first-order valence-corrected chi connectivity index (χ1v) is 7.25. The van der Waals surface area contributed by atoms with Crippen LogP contribution in [0.3, 0.4) is 0 Å². The van der Waals surface area contributed by atoms with E-state index < -0.39 is 0 Å². The van der Waals surface area contributed by atoms with Crippen molar-refractivity contribution in [3.63, 3.8) is 0 Å². The first kappa shape index (κ1) is 12.4. The molecule has 1 aromatic heterocycles. The van der Waals surface area contributed by atoms with Crippen LogP contribution in [0.25, 0.3) is 27.7 Å². The Bertz CT molecular complexity index is 906. The van der Waals surface area contributed by atoms with Crippen LogP contribution in [0.1, 0.15) is 5.69 Å². The Morgan fingerprint density at radius 3 is 2.52 bits per heavy atom. The Morgan fingerprint density at radius 2 is 1.71 bits per heavy atom. The van der Waals surface area contributed by atoms with Gasteiger partial charge >= 0.3 is 0 Å². The third kappa shape index (κ3) is 1.91. The van der Waals surface area contributed by atoms with E-state index in [2.05, 4.69) is 37.3 Å². The monoisotopic (exact) mass is 292 g/mol. The van der Waals surface area contributed by atoms with E-state index in [-0.39, 0.29) is 0 Å². The first-order chi connectivity index (χ1) is 10.2. The van der Waals surface area contributed by atoms with E-state index in [0.717, 1.165) is 21.9 Å². The maximum atomic E-state index is 5.97. The second-order valence-electron chi connectivity index (χ2n) is 5.16. The minimum Gasteiger partial charge on any atom is -0.233 e. The van der Waals surface area contributed by atoms with Gasteiger partial charge in [-0.25, -0.2) is 4.68 Å². The summed E-state index contributed by atoms with van der Waals surface area (Å²) >= 11 is 5.97. The van der Waals surface area contributed by atoms with Gasteiger partial charge in [0.15, 0.2) is 0 Å². The van der Waals surface area contributed by atoms with Gasteiger partial charge in [0.25, 0.3) is 0 Å². The Hall–Kier alpha value is -2.32. The molecule has 2 aromatic rings. The molecule has 1 heterocycles. The second-order valence-corrected chi connectivity index (χ2v) is 5.59. The number of aryl methyl sites for hydroxylation is 1. The van der Waals surface area contributed by atoms with E-state index in [1.807, 2.05) is 35.0 Å². The lowest BCUT2D eigenvalue weighted by Crippen LogP contribution is -1.95. The summed E-state index contributed by atoms with van der Waals surface area (Å²) in [4.78, 5) is 0. The summed E-state index contributed by atoms with van der Waals surface area (Å²) in [5.41, 5.74) is 5.68. The smallest absolute Gasteiger partial charge is 0.0756 e. The zero-order chi connectivity index (χ0) is 14.4. The van der Waals surface area contributed by atoms with Crippen molar-refractivity contribution >= 4 is 22.5 Å². The average Bonchev–Trinajstić information content (AvgIpc) is 2.89. The molecule has 3 heteroatoms. The van der Waals surface area contributed by atoms with E-state index in [1.165, 1.54) is 16.5 Å². The highest BCUT2D eigenvalue weighted by atomic mass is 35.5. The van der Waals surface area contributed by atoms with Gasteiger partial charge in [-0.2, -0.15) is 5.10 Å². The Balaban J connectivity index is 2.06. The molecule has 1 aromatic carbocycles. The summed E-state index contributed by atoms with van der Waals surface area (Å²) in [6, 6.07) is 20.4. The van der Waals surface area contributed by atoms with Crippen LogP contribution in [0.2, 0.25) is 5.02 Å². The predicted molar refractivity (Wildman–Crippen MR) is 87.4 cm³/mol. The van der Waals surface area contributed by atoms with Gasteiger partial charge in [-0.3, -0.25) is 0 Å². The molecule has 2 nitrogen and oxygen atoms in total. The fourth-order valence-electron chi connectivity index (χ4n) is 2.85. The Labute approximate surface area is 127 Å². The van der Waals surface area contributed by atoms with Gasteiger partial charge in [-0.1, -0.05) is 41.9 Å². The molecule has 0 bridgehead atoms.